The van der Waals surface area contributed by atoms with Crippen molar-refractivity contribution in [2.45, 2.75) is 39.2 Å². The van der Waals surface area contributed by atoms with Gasteiger partial charge < -0.3 is 5.11 Å². The highest BCUT2D eigenvalue weighted by Crippen LogP contribution is 2.27. The third kappa shape index (κ3) is 3.23. The number of carboxylic acids is 1. The van der Waals surface area contributed by atoms with Gasteiger partial charge in [-0.2, -0.15) is 0 Å². The number of fused-ring (bicyclic) bond motifs is 2. The van der Waals surface area contributed by atoms with E-state index < -0.39 is 11.5 Å². The van der Waals surface area contributed by atoms with Crippen LogP contribution in [0.15, 0.2) is 53.3 Å². The summed E-state index contributed by atoms with van der Waals surface area (Å²) in [5, 5.41) is 12.5. The van der Waals surface area contributed by atoms with Crippen LogP contribution in [0.2, 0.25) is 0 Å². The Morgan fingerprint density at radius 2 is 1.86 bits per heavy atom. The number of aryl methyl sites for hydroxylation is 1. The molecule has 0 aliphatic rings. The molecule has 6 heteroatoms. The van der Waals surface area contributed by atoms with E-state index in [1.165, 1.54) is 15.9 Å². The average Bonchev–Trinajstić information content (AvgIpc) is 3.12. The summed E-state index contributed by atoms with van der Waals surface area (Å²) in [5.74, 6) is -0.596. The number of thiophene rings is 1. The van der Waals surface area contributed by atoms with Gasteiger partial charge in [-0.15, -0.1) is 11.3 Å². The van der Waals surface area contributed by atoms with E-state index in [4.69, 9.17) is 4.98 Å². The Kier molecular flexibility index (Phi) is 4.74. The summed E-state index contributed by atoms with van der Waals surface area (Å²) in [4.78, 5) is 31.9. The molecule has 0 saturated heterocycles. The number of hydrogen-bond donors (Lipinski definition) is 1. The smallest absolute Gasteiger partial charge is 0.329 e. The van der Waals surface area contributed by atoms with E-state index in [1.807, 2.05) is 55.5 Å². The molecule has 1 N–H and O–H groups in total. The minimum Gasteiger partial charge on any atom is -0.480 e. The highest BCUT2D eigenvalue weighted by molar-refractivity contribution is 7.18. The molecular formula is C23H22N2O3S. The number of aliphatic carboxylic acids is 1. The Balaban J connectivity index is 1.99. The van der Waals surface area contributed by atoms with Gasteiger partial charge in [-0.3, -0.25) is 9.36 Å². The SMILES string of the molecule is CCc1cc2c(=O)n(C(C)(C)C(=O)O)c(Cc3cccc4ccccc34)nc2s1. The maximum absolute atomic E-state index is 13.3. The summed E-state index contributed by atoms with van der Waals surface area (Å²) >= 11 is 1.50. The first-order valence-corrected chi connectivity index (χ1v) is 10.4. The van der Waals surface area contributed by atoms with Crippen LogP contribution in [-0.2, 0) is 23.2 Å². The Morgan fingerprint density at radius 3 is 2.59 bits per heavy atom. The van der Waals surface area contributed by atoms with Crippen molar-refractivity contribution < 1.29 is 9.90 Å². The van der Waals surface area contributed by atoms with Gasteiger partial charge in [0.2, 0.25) is 0 Å². The van der Waals surface area contributed by atoms with Crippen LogP contribution < -0.4 is 5.56 Å². The normalized spacial score (nSPS) is 12.0. The van der Waals surface area contributed by atoms with Gasteiger partial charge in [0.15, 0.2) is 0 Å². The number of benzene rings is 2. The van der Waals surface area contributed by atoms with Crippen molar-refractivity contribution in [3.8, 4) is 0 Å². The van der Waals surface area contributed by atoms with Gasteiger partial charge >= 0.3 is 5.97 Å². The second kappa shape index (κ2) is 7.12. The summed E-state index contributed by atoms with van der Waals surface area (Å²) in [5.41, 5.74) is -0.697. The van der Waals surface area contributed by atoms with Crippen LogP contribution in [-0.4, -0.2) is 20.6 Å². The number of aromatic nitrogens is 2. The third-order valence-electron chi connectivity index (χ3n) is 5.35. The molecule has 0 unspecified atom stereocenters. The molecule has 0 atom stereocenters. The van der Waals surface area contributed by atoms with Gasteiger partial charge in [-0.05, 0) is 42.7 Å². The Hall–Kier alpha value is -2.99. The third-order valence-corrected chi connectivity index (χ3v) is 6.52. The molecule has 5 nitrogen and oxygen atoms in total. The van der Waals surface area contributed by atoms with Gasteiger partial charge in [0.05, 0.1) is 5.39 Å². The molecule has 0 fully saturated rings. The first kappa shape index (κ1) is 19.3. The van der Waals surface area contributed by atoms with Crippen LogP contribution in [0.3, 0.4) is 0 Å². The lowest BCUT2D eigenvalue weighted by molar-refractivity contribution is -0.146. The molecular weight excluding hydrogens is 384 g/mol. The Morgan fingerprint density at radius 1 is 1.14 bits per heavy atom. The van der Waals surface area contributed by atoms with E-state index >= 15 is 0 Å². The zero-order valence-electron chi connectivity index (χ0n) is 16.6. The summed E-state index contributed by atoms with van der Waals surface area (Å²) in [7, 11) is 0. The van der Waals surface area contributed by atoms with E-state index in [9.17, 15) is 14.7 Å². The van der Waals surface area contributed by atoms with E-state index in [1.54, 1.807) is 13.8 Å². The summed E-state index contributed by atoms with van der Waals surface area (Å²) in [6.07, 6.45) is 1.18. The zero-order valence-corrected chi connectivity index (χ0v) is 17.4. The van der Waals surface area contributed by atoms with Crippen molar-refractivity contribution in [2.75, 3.05) is 0 Å². The lowest BCUT2D eigenvalue weighted by Gasteiger charge is -2.25. The first-order chi connectivity index (χ1) is 13.8. The molecule has 0 aliphatic heterocycles. The number of carboxylic acid groups (broad SMARTS) is 1. The predicted molar refractivity (Wildman–Crippen MR) is 117 cm³/mol. The van der Waals surface area contributed by atoms with Crippen LogP contribution in [0.1, 0.15) is 37.0 Å². The van der Waals surface area contributed by atoms with Crippen LogP contribution in [0.4, 0.5) is 0 Å². The van der Waals surface area contributed by atoms with Crippen molar-refractivity contribution in [1.29, 1.82) is 0 Å². The maximum atomic E-state index is 13.3. The van der Waals surface area contributed by atoms with Crippen LogP contribution in [0, 0.1) is 0 Å². The standard InChI is InChI=1S/C23H22N2O3S/c1-4-16-13-18-20(29-16)24-19(25(21(18)26)23(2,3)22(27)28)12-15-10-7-9-14-8-5-6-11-17(14)15/h5-11,13H,4,12H2,1-3H3,(H,27,28). The quantitative estimate of drug-likeness (QED) is 0.526. The molecule has 0 aliphatic carbocycles. The van der Waals surface area contributed by atoms with E-state index in [0.29, 0.717) is 22.5 Å². The summed E-state index contributed by atoms with van der Waals surface area (Å²) in [6, 6.07) is 15.9. The minimum atomic E-state index is -1.41. The Labute approximate surface area is 172 Å². The second-order valence-electron chi connectivity index (χ2n) is 7.63. The monoisotopic (exact) mass is 406 g/mol. The fourth-order valence-corrected chi connectivity index (χ4v) is 4.63. The number of rotatable bonds is 5. The van der Waals surface area contributed by atoms with Gasteiger partial charge in [-0.25, -0.2) is 9.78 Å². The van der Waals surface area contributed by atoms with Crippen molar-refractivity contribution in [3.63, 3.8) is 0 Å². The summed E-state index contributed by atoms with van der Waals surface area (Å²) in [6.45, 7) is 5.12. The van der Waals surface area contributed by atoms with Crippen molar-refractivity contribution in [3.05, 3.63) is 75.1 Å². The lowest BCUT2D eigenvalue weighted by Crippen LogP contribution is -2.44. The average molecular weight is 407 g/mol. The molecule has 148 valence electrons. The molecule has 2 heterocycles. The molecule has 0 radical (unpaired) electrons. The van der Waals surface area contributed by atoms with E-state index in [2.05, 4.69) is 0 Å². The largest absolute Gasteiger partial charge is 0.480 e. The topological polar surface area (TPSA) is 72.2 Å². The van der Waals surface area contributed by atoms with Gasteiger partial charge in [0, 0.05) is 11.3 Å². The minimum absolute atomic E-state index is 0.298. The van der Waals surface area contributed by atoms with Gasteiger partial charge in [0.1, 0.15) is 16.2 Å². The zero-order chi connectivity index (χ0) is 20.8. The summed E-state index contributed by atoms with van der Waals surface area (Å²) < 4.78 is 1.35. The molecule has 2 aromatic carbocycles. The molecule has 4 aromatic rings. The number of carbonyl (C=O) groups is 1. The van der Waals surface area contributed by atoms with Gasteiger partial charge in [0.25, 0.3) is 5.56 Å². The molecule has 0 amide bonds. The van der Waals surface area contributed by atoms with Crippen molar-refractivity contribution in [1.82, 2.24) is 9.55 Å². The predicted octanol–water partition coefficient (Wildman–Crippen LogP) is 4.58. The van der Waals surface area contributed by atoms with Gasteiger partial charge in [-0.1, -0.05) is 49.4 Å². The van der Waals surface area contributed by atoms with E-state index in [0.717, 1.165) is 27.6 Å². The lowest BCUT2D eigenvalue weighted by atomic mass is 10.00. The molecule has 4 rings (SSSR count). The molecule has 29 heavy (non-hydrogen) atoms. The Bertz CT molecular complexity index is 1300. The molecule has 2 aromatic heterocycles. The van der Waals surface area contributed by atoms with Crippen molar-refractivity contribution in [2.24, 2.45) is 0 Å². The second-order valence-corrected chi connectivity index (χ2v) is 8.75. The van der Waals surface area contributed by atoms with Crippen LogP contribution in [0.5, 0.6) is 0 Å². The highest BCUT2D eigenvalue weighted by atomic mass is 32.1. The maximum Gasteiger partial charge on any atom is 0.329 e. The fraction of sp³-hybridized carbons (Fsp3) is 0.261. The van der Waals surface area contributed by atoms with Crippen LogP contribution in [0.25, 0.3) is 21.0 Å². The number of hydrogen-bond acceptors (Lipinski definition) is 4. The molecule has 0 saturated carbocycles. The molecule has 0 bridgehead atoms. The van der Waals surface area contributed by atoms with Crippen LogP contribution >= 0.6 is 11.3 Å². The number of nitrogens with zero attached hydrogens (tertiary/aromatic N) is 2. The van der Waals surface area contributed by atoms with E-state index in [-0.39, 0.29) is 5.56 Å². The highest BCUT2D eigenvalue weighted by Gasteiger charge is 2.34. The fourth-order valence-electron chi connectivity index (χ4n) is 3.65. The first-order valence-electron chi connectivity index (χ1n) is 9.57. The van der Waals surface area contributed by atoms with Crippen molar-refractivity contribution >= 4 is 38.3 Å². The molecule has 0 spiro atoms.